The van der Waals surface area contributed by atoms with Crippen molar-refractivity contribution in [3.05, 3.63) is 0 Å². The number of hydrogen-bond donors (Lipinski definition) is 4. The van der Waals surface area contributed by atoms with Gasteiger partial charge in [-0.3, -0.25) is 9.59 Å². The number of carbonyl (C=O) groups is 3. The molecular formula is C11H21N3O5. The van der Waals surface area contributed by atoms with Crippen LogP contribution in [0, 0.1) is 0 Å². The summed E-state index contributed by atoms with van der Waals surface area (Å²) in [6, 6.07) is -0.543. The molecule has 0 saturated heterocycles. The molecule has 3 amide bonds. The van der Waals surface area contributed by atoms with Gasteiger partial charge >= 0.3 is 12.0 Å². The first-order chi connectivity index (χ1) is 8.99. The van der Waals surface area contributed by atoms with E-state index in [0.29, 0.717) is 6.54 Å². The number of rotatable bonds is 9. The number of nitrogens with one attached hydrogen (secondary N) is 3. The quantitative estimate of drug-likeness (QED) is 0.444. The topological polar surface area (TPSA) is 117 Å². The average molecular weight is 275 g/mol. The van der Waals surface area contributed by atoms with Crippen molar-refractivity contribution >= 4 is 17.9 Å². The first kappa shape index (κ1) is 17.2. The highest BCUT2D eigenvalue weighted by atomic mass is 16.5. The van der Waals surface area contributed by atoms with Gasteiger partial charge in [0, 0.05) is 20.2 Å². The van der Waals surface area contributed by atoms with E-state index in [1.54, 1.807) is 0 Å². The Labute approximate surface area is 111 Å². The van der Waals surface area contributed by atoms with Gasteiger partial charge in [0.05, 0.1) is 19.1 Å². The lowest BCUT2D eigenvalue weighted by molar-refractivity contribution is -0.139. The first-order valence-electron chi connectivity index (χ1n) is 6.02. The van der Waals surface area contributed by atoms with E-state index >= 15 is 0 Å². The molecule has 110 valence electrons. The molecule has 0 aromatic rings. The molecule has 1 unspecified atom stereocenters. The minimum absolute atomic E-state index is 0.0607. The average Bonchev–Trinajstić information content (AvgIpc) is 2.38. The van der Waals surface area contributed by atoms with Crippen LogP contribution in [0.3, 0.4) is 0 Å². The zero-order valence-electron chi connectivity index (χ0n) is 11.2. The maximum Gasteiger partial charge on any atom is 0.315 e. The SMILES string of the molecule is CCCNC(=O)CNC(=O)NCC(CC(=O)O)OC. The van der Waals surface area contributed by atoms with Crippen molar-refractivity contribution in [3.63, 3.8) is 0 Å². The van der Waals surface area contributed by atoms with Crippen molar-refractivity contribution in [2.24, 2.45) is 0 Å². The van der Waals surface area contributed by atoms with Crippen molar-refractivity contribution in [1.82, 2.24) is 16.0 Å². The highest BCUT2D eigenvalue weighted by Gasteiger charge is 2.13. The van der Waals surface area contributed by atoms with Gasteiger partial charge in [0.25, 0.3) is 0 Å². The van der Waals surface area contributed by atoms with Crippen LogP contribution >= 0.6 is 0 Å². The number of ether oxygens (including phenoxy) is 1. The van der Waals surface area contributed by atoms with Gasteiger partial charge in [0.1, 0.15) is 0 Å². The highest BCUT2D eigenvalue weighted by molar-refractivity contribution is 5.83. The molecule has 8 nitrogen and oxygen atoms in total. The molecular weight excluding hydrogens is 254 g/mol. The number of carbonyl (C=O) groups excluding carboxylic acids is 2. The summed E-state index contributed by atoms with van der Waals surface area (Å²) < 4.78 is 4.89. The number of aliphatic carboxylic acids is 1. The van der Waals surface area contributed by atoms with Crippen LogP contribution in [-0.2, 0) is 14.3 Å². The summed E-state index contributed by atoms with van der Waals surface area (Å²) in [6.45, 7) is 2.42. The van der Waals surface area contributed by atoms with Crippen LogP contribution in [0.1, 0.15) is 19.8 Å². The molecule has 0 aromatic heterocycles. The minimum atomic E-state index is -1.01. The van der Waals surface area contributed by atoms with Crippen molar-refractivity contribution in [1.29, 1.82) is 0 Å². The molecule has 0 aliphatic carbocycles. The summed E-state index contributed by atoms with van der Waals surface area (Å²) in [7, 11) is 1.37. The molecule has 19 heavy (non-hydrogen) atoms. The molecule has 0 aromatic carbocycles. The van der Waals surface area contributed by atoms with Crippen LogP contribution in [0.25, 0.3) is 0 Å². The third-order valence-corrected chi connectivity index (χ3v) is 2.21. The molecule has 0 bridgehead atoms. The Kier molecular flexibility index (Phi) is 9.15. The van der Waals surface area contributed by atoms with E-state index in [9.17, 15) is 14.4 Å². The molecule has 0 aliphatic rings. The van der Waals surface area contributed by atoms with Crippen LogP contribution in [-0.4, -0.2) is 55.9 Å². The van der Waals surface area contributed by atoms with Gasteiger partial charge in [-0.1, -0.05) is 6.92 Å². The monoisotopic (exact) mass is 275 g/mol. The Morgan fingerprint density at radius 3 is 2.42 bits per heavy atom. The zero-order chi connectivity index (χ0) is 14.7. The fraction of sp³-hybridized carbons (Fsp3) is 0.727. The fourth-order valence-corrected chi connectivity index (χ4v) is 1.19. The smallest absolute Gasteiger partial charge is 0.315 e. The maximum absolute atomic E-state index is 11.3. The summed E-state index contributed by atoms with van der Waals surface area (Å²) in [5.74, 6) is -1.28. The number of carboxylic acids is 1. The van der Waals surface area contributed by atoms with E-state index in [-0.39, 0.29) is 25.4 Å². The predicted molar refractivity (Wildman–Crippen MR) is 67.8 cm³/mol. The molecule has 8 heteroatoms. The molecule has 0 saturated carbocycles. The number of hydrogen-bond acceptors (Lipinski definition) is 4. The second-order valence-electron chi connectivity index (χ2n) is 3.87. The van der Waals surface area contributed by atoms with Crippen LogP contribution in [0.15, 0.2) is 0 Å². The normalized spacial score (nSPS) is 11.5. The van der Waals surface area contributed by atoms with Crippen LogP contribution < -0.4 is 16.0 Å². The summed E-state index contributed by atoms with van der Waals surface area (Å²) in [6.07, 6.45) is 0.0216. The lowest BCUT2D eigenvalue weighted by Crippen LogP contribution is -2.44. The van der Waals surface area contributed by atoms with Crippen molar-refractivity contribution in [2.75, 3.05) is 26.7 Å². The van der Waals surface area contributed by atoms with E-state index < -0.39 is 18.1 Å². The van der Waals surface area contributed by atoms with E-state index in [0.717, 1.165) is 6.42 Å². The van der Waals surface area contributed by atoms with Crippen molar-refractivity contribution in [3.8, 4) is 0 Å². The second-order valence-corrected chi connectivity index (χ2v) is 3.87. The first-order valence-corrected chi connectivity index (χ1v) is 6.02. The van der Waals surface area contributed by atoms with Gasteiger partial charge in [0.15, 0.2) is 0 Å². The van der Waals surface area contributed by atoms with Gasteiger partial charge in [-0.05, 0) is 6.42 Å². The molecule has 4 N–H and O–H groups in total. The Hall–Kier alpha value is -1.83. The van der Waals surface area contributed by atoms with Gasteiger partial charge in [-0.25, -0.2) is 4.79 Å². The van der Waals surface area contributed by atoms with Crippen LogP contribution in [0.2, 0.25) is 0 Å². The number of amides is 3. The summed E-state index contributed by atoms with van der Waals surface area (Å²) >= 11 is 0. The van der Waals surface area contributed by atoms with Crippen molar-refractivity contribution < 1.29 is 24.2 Å². The van der Waals surface area contributed by atoms with Gasteiger partial charge in [0.2, 0.25) is 5.91 Å². The Morgan fingerprint density at radius 2 is 1.89 bits per heavy atom. The number of urea groups is 1. The third kappa shape index (κ3) is 9.83. The van der Waals surface area contributed by atoms with Gasteiger partial charge in [-0.2, -0.15) is 0 Å². The Bertz CT molecular complexity index is 309. The van der Waals surface area contributed by atoms with E-state index in [1.807, 2.05) is 6.92 Å². The lowest BCUT2D eigenvalue weighted by Gasteiger charge is -2.14. The molecule has 1 atom stereocenters. The second kappa shape index (κ2) is 10.1. The van der Waals surface area contributed by atoms with Gasteiger partial charge in [-0.15, -0.1) is 0 Å². The van der Waals surface area contributed by atoms with E-state index in [4.69, 9.17) is 9.84 Å². The molecule has 0 fully saturated rings. The summed E-state index contributed by atoms with van der Waals surface area (Å²) in [5.41, 5.74) is 0. The predicted octanol–water partition coefficient (Wildman–Crippen LogP) is -0.698. The van der Waals surface area contributed by atoms with Crippen molar-refractivity contribution in [2.45, 2.75) is 25.9 Å². The molecule has 0 spiro atoms. The lowest BCUT2D eigenvalue weighted by atomic mass is 10.2. The molecule has 0 radical (unpaired) electrons. The number of carboxylic acid groups (broad SMARTS) is 1. The van der Waals surface area contributed by atoms with Crippen LogP contribution in [0.4, 0.5) is 4.79 Å². The highest BCUT2D eigenvalue weighted by Crippen LogP contribution is 1.94. The molecule has 0 aliphatic heterocycles. The summed E-state index contributed by atoms with van der Waals surface area (Å²) in [5, 5.41) is 16.0. The maximum atomic E-state index is 11.3. The van der Waals surface area contributed by atoms with Gasteiger partial charge < -0.3 is 25.8 Å². The largest absolute Gasteiger partial charge is 0.481 e. The Balaban J connectivity index is 3.79. The third-order valence-electron chi connectivity index (χ3n) is 2.21. The molecule has 0 rings (SSSR count). The molecule has 0 heterocycles. The zero-order valence-corrected chi connectivity index (χ0v) is 11.2. The fourth-order valence-electron chi connectivity index (χ4n) is 1.19. The Morgan fingerprint density at radius 1 is 1.21 bits per heavy atom. The van der Waals surface area contributed by atoms with E-state index in [2.05, 4.69) is 16.0 Å². The number of methoxy groups -OCH3 is 1. The van der Waals surface area contributed by atoms with E-state index in [1.165, 1.54) is 7.11 Å². The summed E-state index contributed by atoms with van der Waals surface area (Å²) in [4.78, 5) is 33.0. The standard InChI is InChI=1S/C11H21N3O5/c1-3-4-12-9(15)7-14-11(18)13-6-8(19-2)5-10(16)17/h8H,3-7H2,1-2H3,(H,12,15)(H,16,17)(H2,13,14,18). The van der Waals surface area contributed by atoms with Crippen LogP contribution in [0.5, 0.6) is 0 Å². The minimum Gasteiger partial charge on any atom is -0.481 e.